The molecule has 1 atom stereocenters. The summed E-state index contributed by atoms with van der Waals surface area (Å²) < 4.78 is 13.4. The van der Waals surface area contributed by atoms with E-state index in [2.05, 4.69) is 15.2 Å². The summed E-state index contributed by atoms with van der Waals surface area (Å²) in [6.07, 6.45) is 1.49. The molecule has 128 valence electrons. The molecule has 0 fully saturated rings. The van der Waals surface area contributed by atoms with Gasteiger partial charge in [0.1, 0.15) is 5.82 Å². The summed E-state index contributed by atoms with van der Waals surface area (Å²) in [7, 11) is 1.84. The monoisotopic (exact) mass is 338 g/mol. The van der Waals surface area contributed by atoms with Gasteiger partial charge in [-0.25, -0.2) is 9.37 Å². The second kappa shape index (κ2) is 7.81. The largest absolute Gasteiger partial charge is 0.388 e. The van der Waals surface area contributed by atoms with Crippen LogP contribution in [0.5, 0.6) is 0 Å². The third-order valence-electron chi connectivity index (χ3n) is 3.93. The zero-order chi connectivity index (χ0) is 17.6. The first-order valence-electron chi connectivity index (χ1n) is 8.03. The highest BCUT2D eigenvalue weighted by Gasteiger charge is 2.12. The maximum absolute atomic E-state index is 13.4. The molecule has 0 aliphatic heterocycles. The van der Waals surface area contributed by atoms with E-state index in [1.807, 2.05) is 42.3 Å². The SMILES string of the molecule is CN(CCC(O)c1ccccc1)c1nncc(-c2cccc(F)c2)n1. The molecular formula is C19H19FN4O. The molecule has 0 saturated carbocycles. The fourth-order valence-corrected chi connectivity index (χ4v) is 2.50. The standard InChI is InChI=1S/C19H19FN4O/c1-24(11-10-18(25)14-6-3-2-4-7-14)19-22-17(13-21-23-19)15-8-5-9-16(20)12-15/h2-9,12-13,18,25H,10-11H2,1H3. The Morgan fingerprint density at radius 3 is 2.68 bits per heavy atom. The molecule has 0 aliphatic carbocycles. The molecule has 0 saturated heterocycles. The summed E-state index contributed by atoms with van der Waals surface area (Å²) in [6, 6.07) is 15.7. The number of aliphatic hydroxyl groups is 1. The summed E-state index contributed by atoms with van der Waals surface area (Å²) in [5.41, 5.74) is 2.08. The Morgan fingerprint density at radius 1 is 1.12 bits per heavy atom. The van der Waals surface area contributed by atoms with Gasteiger partial charge in [-0.15, -0.1) is 5.10 Å². The molecule has 1 heterocycles. The van der Waals surface area contributed by atoms with E-state index in [4.69, 9.17) is 0 Å². The van der Waals surface area contributed by atoms with Crippen LogP contribution in [0.2, 0.25) is 0 Å². The maximum atomic E-state index is 13.4. The van der Waals surface area contributed by atoms with Gasteiger partial charge in [0, 0.05) is 19.2 Å². The van der Waals surface area contributed by atoms with Gasteiger partial charge in [0.2, 0.25) is 5.95 Å². The second-order valence-electron chi connectivity index (χ2n) is 5.79. The number of aromatic nitrogens is 3. The number of hydrogen-bond donors (Lipinski definition) is 1. The Kier molecular flexibility index (Phi) is 5.30. The first-order valence-corrected chi connectivity index (χ1v) is 8.03. The second-order valence-corrected chi connectivity index (χ2v) is 5.79. The minimum absolute atomic E-state index is 0.322. The van der Waals surface area contributed by atoms with Gasteiger partial charge in [-0.1, -0.05) is 42.5 Å². The van der Waals surface area contributed by atoms with Gasteiger partial charge < -0.3 is 10.0 Å². The highest BCUT2D eigenvalue weighted by atomic mass is 19.1. The van der Waals surface area contributed by atoms with Crippen LogP contribution in [0, 0.1) is 5.82 Å². The van der Waals surface area contributed by atoms with Crippen molar-refractivity contribution in [2.24, 2.45) is 0 Å². The number of halogens is 1. The van der Waals surface area contributed by atoms with E-state index in [-0.39, 0.29) is 5.82 Å². The van der Waals surface area contributed by atoms with Crippen molar-refractivity contribution in [2.75, 3.05) is 18.5 Å². The third kappa shape index (κ3) is 4.36. The van der Waals surface area contributed by atoms with Crippen LogP contribution in [-0.4, -0.2) is 33.9 Å². The average Bonchev–Trinajstić information content (AvgIpc) is 2.66. The molecule has 3 aromatic rings. The van der Waals surface area contributed by atoms with Crippen LogP contribution in [0.15, 0.2) is 60.8 Å². The van der Waals surface area contributed by atoms with Crippen molar-refractivity contribution >= 4 is 5.95 Å². The van der Waals surface area contributed by atoms with E-state index in [0.29, 0.717) is 30.2 Å². The molecule has 2 aromatic carbocycles. The highest BCUT2D eigenvalue weighted by molar-refractivity contribution is 5.59. The number of hydrogen-bond acceptors (Lipinski definition) is 5. The predicted molar refractivity (Wildman–Crippen MR) is 94.5 cm³/mol. The van der Waals surface area contributed by atoms with Crippen LogP contribution < -0.4 is 4.90 Å². The zero-order valence-electron chi connectivity index (χ0n) is 13.9. The van der Waals surface area contributed by atoms with Crippen molar-refractivity contribution in [1.82, 2.24) is 15.2 Å². The first kappa shape index (κ1) is 17.0. The molecule has 5 nitrogen and oxygen atoms in total. The van der Waals surface area contributed by atoms with Gasteiger partial charge in [-0.3, -0.25) is 0 Å². The van der Waals surface area contributed by atoms with Crippen molar-refractivity contribution in [3.05, 3.63) is 72.2 Å². The van der Waals surface area contributed by atoms with Crippen molar-refractivity contribution in [2.45, 2.75) is 12.5 Å². The van der Waals surface area contributed by atoms with Crippen LogP contribution in [0.1, 0.15) is 18.1 Å². The fraction of sp³-hybridized carbons (Fsp3) is 0.211. The van der Waals surface area contributed by atoms with Crippen molar-refractivity contribution in [1.29, 1.82) is 0 Å². The summed E-state index contributed by atoms with van der Waals surface area (Å²) in [6.45, 7) is 0.560. The Hall–Kier alpha value is -2.86. The van der Waals surface area contributed by atoms with E-state index in [0.717, 1.165) is 5.56 Å². The van der Waals surface area contributed by atoms with Gasteiger partial charge in [0.15, 0.2) is 0 Å². The number of anilines is 1. The molecule has 0 radical (unpaired) electrons. The molecule has 0 amide bonds. The number of rotatable bonds is 6. The molecule has 3 rings (SSSR count). The Morgan fingerprint density at radius 2 is 1.92 bits per heavy atom. The minimum atomic E-state index is -0.553. The number of benzene rings is 2. The van der Waals surface area contributed by atoms with Gasteiger partial charge >= 0.3 is 0 Å². The average molecular weight is 338 g/mol. The first-order chi connectivity index (χ1) is 12.1. The van der Waals surface area contributed by atoms with E-state index < -0.39 is 6.10 Å². The Labute approximate surface area is 145 Å². The Bertz CT molecular complexity index is 828. The lowest BCUT2D eigenvalue weighted by Gasteiger charge is -2.19. The third-order valence-corrected chi connectivity index (χ3v) is 3.93. The van der Waals surface area contributed by atoms with E-state index in [1.165, 1.54) is 18.3 Å². The number of nitrogens with zero attached hydrogens (tertiary/aromatic N) is 4. The zero-order valence-corrected chi connectivity index (χ0v) is 13.9. The summed E-state index contributed by atoms with van der Waals surface area (Å²) in [5.74, 6) is 0.110. The molecule has 1 aromatic heterocycles. The highest BCUT2D eigenvalue weighted by Crippen LogP contribution is 2.20. The van der Waals surface area contributed by atoms with Crippen molar-refractivity contribution in [3.8, 4) is 11.3 Å². The Balaban J connectivity index is 1.68. The van der Waals surface area contributed by atoms with Gasteiger partial charge in [0.05, 0.1) is 18.0 Å². The summed E-state index contributed by atoms with van der Waals surface area (Å²) in [5, 5.41) is 18.2. The molecule has 1 N–H and O–H groups in total. The van der Waals surface area contributed by atoms with Gasteiger partial charge in [-0.05, 0) is 24.1 Å². The molecule has 25 heavy (non-hydrogen) atoms. The summed E-state index contributed by atoms with van der Waals surface area (Å²) in [4.78, 5) is 6.26. The molecule has 0 aliphatic rings. The van der Waals surface area contributed by atoms with E-state index in [1.54, 1.807) is 12.1 Å². The van der Waals surface area contributed by atoms with E-state index >= 15 is 0 Å². The van der Waals surface area contributed by atoms with Crippen LogP contribution in [0.3, 0.4) is 0 Å². The maximum Gasteiger partial charge on any atom is 0.245 e. The lowest BCUT2D eigenvalue weighted by Crippen LogP contribution is -2.23. The quantitative estimate of drug-likeness (QED) is 0.748. The van der Waals surface area contributed by atoms with Gasteiger partial charge in [0.25, 0.3) is 0 Å². The van der Waals surface area contributed by atoms with E-state index in [9.17, 15) is 9.50 Å². The fourth-order valence-electron chi connectivity index (χ4n) is 2.50. The lowest BCUT2D eigenvalue weighted by molar-refractivity contribution is 0.169. The van der Waals surface area contributed by atoms with Gasteiger partial charge in [-0.2, -0.15) is 5.10 Å². The van der Waals surface area contributed by atoms with Crippen LogP contribution in [0.4, 0.5) is 10.3 Å². The van der Waals surface area contributed by atoms with Crippen LogP contribution >= 0.6 is 0 Å². The molecule has 0 bridgehead atoms. The lowest BCUT2D eigenvalue weighted by atomic mass is 10.1. The van der Waals surface area contributed by atoms with Crippen molar-refractivity contribution < 1.29 is 9.50 Å². The number of aliphatic hydroxyl groups excluding tert-OH is 1. The molecule has 6 heteroatoms. The molecule has 1 unspecified atom stereocenters. The summed E-state index contributed by atoms with van der Waals surface area (Å²) >= 11 is 0. The smallest absolute Gasteiger partial charge is 0.245 e. The van der Waals surface area contributed by atoms with Crippen LogP contribution in [-0.2, 0) is 0 Å². The normalized spacial score (nSPS) is 12.0. The van der Waals surface area contributed by atoms with Crippen LogP contribution in [0.25, 0.3) is 11.3 Å². The topological polar surface area (TPSA) is 62.1 Å². The molecular weight excluding hydrogens is 319 g/mol. The predicted octanol–water partition coefficient (Wildman–Crippen LogP) is 3.24. The minimum Gasteiger partial charge on any atom is -0.388 e. The van der Waals surface area contributed by atoms with Crippen molar-refractivity contribution in [3.63, 3.8) is 0 Å². The molecule has 0 spiro atoms.